The predicted octanol–water partition coefficient (Wildman–Crippen LogP) is 5.52. The summed E-state index contributed by atoms with van der Waals surface area (Å²) < 4.78 is 49.0. The van der Waals surface area contributed by atoms with Gasteiger partial charge in [-0.05, 0) is 93.5 Å². The van der Waals surface area contributed by atoms with E-state index in [1.54, 1.807) is 12.1 Å². The van der Waals surface area contributed by atoms with Crippen molar-refractivity contribution in [3.63, 3.8) is 0 Å². The highest BCUT2D eigenvalue weighted by molar-refractivity contribution is 7.91. The maximum Gasteiger partial charge on any atom is 0.250 e. The predicted molar refractivity (Wildman–Crippen MR) is 134 cm³/mol. The molecule has 180 valence electrons. The molecule has 1 fully saturated rings. The van der Waals surface area contributed by atoms with Gasteiger partial charge in [-0.15, -0.1) is 11.3 Å². The van der Waals surface area contributed by atoms with Crippen LogP contribution in [-0.2, 0) is 16.4 Å². The molecule has 2 aromatic heterocycles. The Morgan fingerprint density at radius 1 is 1.21 bits per heavy atom. The molecule has 0 spiro atoms. The molecule has 1 saturated heterocycles. The molecule has 10 heteroatoms. The van der Waals surface area contributed by atoms with Crippen molar-refractivity contribution >= 4 is 54.0 Å². The van der Waals surface area contributed by atoms with E-state index in [9.17, 15) is 12.8 Å². The number of sulfonamides is 1. The summed E-state index contributed by atoms with van der Waals surface area (Å²) in [5, 5.41) is 6.43. The summed E-state index contributed by atoms with van der Waals surface area (Å²) >= 11 is 7.38. The first kappa shape index (κ1) is 23.7. The van der Waals surface area contributed by atoms with Crippen molar-refractivity contribution in [2.24, 2.45) is 0 Å². The Balaban J connectivity index is 1.14. The molecular weight excluding hydrogens is 497 g/mol. The van der Waals surface area contributed by atoms with Crippen LogP contribution < -0.4 is 4.72 Å². The van der Waals surface area contributed by atoms with Crippen molar-refractivity contribution in [2.75, 3.05) is 19.6 Å². The molecule has 1 N–H and O–H groups in total. The lowest BCUT2D eigenvalue weighted by molar-refractivity contribution is 0.205. The number of fused-ring (bicyclic) bond motifs is 2. The van der Waals surface area contributed by atoms with Crippen molar-refractivity contribution in [1.29, 1.82) is 0 Å². The first-order valence-electron chi connectivity index (χ1n) is 11.3. The highest BCUT2D eigenvalue weighted by atomic mass is 35.5. The van der Waals surface area contributed by atoms with E-state index in [4.69, 9.17) is 16.1 Å². The number of hydrogen-bond acceptors (Lipinski definition) is 6. The molecule has 0 aliphatic carbocycles. The van der Waals surface area contributed by atoms with E-state index in [2.05, 4.69) is 14.8 Å². The largest absolute Gasteiger partial charge is 0.356 e. The minimum atomic E-state index is -3.59. The number of thiophene rings is 1. The van der Waals surface area contributed by atoms with Gasteiger partial charge in [-0.2, -0.15) is 0 Å². The molecule has 0 saturated carbocycles. The second-order valence-electron chi connectivity index (χ2n) is 8.77. The maximum absolute atomic E-state index is 13.3. The summed E-state index contributed by atoms with van der Waals surface area (Å²) in [5.74, 6) is -0.333. The summed E-state index contributed by atoms with van der Waals surface area (Å²) in [4.78, 5) is 2.35. The second-order valence-corrected chi connectivity index (χ2v) is 12.2. The number of aryl methyl sites for hydroxylation is 2. The molecule has 34 heavy (non-hydrogen) atoms. The third kappa shape index (κ3) is 4.85. The molecule has 0 unspecified atom stereocenters. The van der Waals surface area contributed by atoms with E-state index < -0.39 is 10.0 Å². The number of piperidine rings is 1. The number of aromatic nitrogens is 1. The lowest BCUT2D eigenvalue weighted by Gasteiger charge is -2.32. The van der Waals surface area contributed by atoms with Gasteiger partial charge >= 0.3 is 0 Å². The topological polar surface area (TPSA) is 75.4 Å². The summed E-state index contributed by atoms with van der Waals surface area (Å²) in [6, 6.07) is 9.87. The lowest BCUT2D eigenvalue weighted by Crippen LogP contribution is -2.44. The van der Waals surface area contributed by atoms with Crippen LogP contribution >= 0.6 is 22.9 Å². The number of hydrogen-bond donors (Lipinski definition) is 1. The first-order valence-corrected chi connectivity index (χ1v) is 13.9. The van der Waals surface area contributed by atoms with Gasteiger partial charge in [0.05, 0.1) is 5.69 Å². The highest BCUT2D eigenvalue weighted by Crippen LogP contribution is 2.35. The normalized spacial score (nSPS) is 16.1. The van der Waals surface area contributed by atoms with Gasteiger partial charge in [0.2, 0.25) is 0 Å². The standard InChI is InChI=1S/C24H25ClFN3O3S2/c1-15-20-13-16(25)4-7-23(20)33-24(15)34(30,31)28-18-8-11-29(12-9-18)10-2-3-21-19-6-5-17(26)14-22(19)32-27-21/h4-7,13-14,18,28H,2-3,8-12H2,1H3. The molecule has 0 bridgehead atoms. The third-order valence-electron chi connectivity index (χ3n) is 6.40. The first-order chi connectivity index (χ1) is 16.3. The van der Waals surface area contributed by atoms with E-state index in [1.807, 2.05) is 19.1 Å². The second kappa shape index (κ2) is 9.54. The Hall–Kier alpha value is -2.04. The molecule has 4 aromatic rings. The molecule has 2 aromatic carbocycles. The molecule has 3 heterocycles. The molecule has 1 aliphatic heterocycles. The van der Waals surface area contributed by atoms with Gasteiger partial charge < -0.3 is 9.42 Å². The van der Waals surface area contributed by atoms with Crippen LogP contribution in [0.2, 0.25) is 5.02 Å². The minimum absolute atomic E-state index is 0.0798. The quantitative estimate of drug-likeness (QED) is 0.346. The Labute approximate surface area is 206 Å². The molecule has 0 amide bonds. The Bertz CT molecular complexity index is 1440. The van der Waals surface area contributed by atoms with Gasteiger partial charge in [-0.1, -0.05) is 16.8 Å². The number of benzene rings is 2. The molecule has 1 aliphatic rings. The van der Waals surface area contributed by atoms with Gasteiger partial charge in [-0.25, -0.2) is 17.5 Å². The number of nitrogens with one attached hydrogen (secondary N) is 1. The van der Waals surface area contributed by atoms with Gasteiger partial charge in [0.15, 0.2) is 5.58 Å². The van der Waals surface area contributed by atoms with Crippen LogP contribution in [0.25, 0.3) is 21.1 Å². The van der Waals surface area contributed by atoms with E-state index in [0.29, 0.717) is 14.8 Å². The number of likely N-dealkylation sites (tertiary alicyclic amines) is 1. The van der Waals surface area contributed by atoms with Crippen LogP contribution in [0.15, 0.2) is 45.1 Å². The zero-order chi connectivity index (χ0) is 23.9. The van der Waals surface area contributed by atoms with Gasteiger partial charge in [-0.3, -0.25) is 0 Å². The van der Waals surface area contributed by atoms with Gasteiger partial charge in [0.25, 0.3) is 10.0 Å². The van der Waals surface area contributed by atoms with Gasteiger partial charge in [0.1, 0.15) is 10.0 Å². The summed E-state index contributed by atoms with van der Waals surface area (Å²) in [5.41, 5.74) is 2.06. The summed E-state index contributed by atoms with van der Waals surface area (Å²) in [6.45, 7) is 4.39. The Morgan fingerprint density at radius 3 is 2.79 bits per heavy atom. The molecule has 6 nitrogen and oxygen atoms in total. The fraction of sp³-hybridized carbons (Fsp3) is 0.375. The monoisotopic (exact) mass is 521 g/mol. The summed E-state index contributed by atoms with van der Waals surface area (Å²) in [7, 11) is -3.59. The molecule has 5 rings (SSSR count). The van der Waals surface area contributed by atoms with E-state index in [-0.39, 0.29) is 11.9 Å². The highest BCUT2D eigenvalue weighted by Gasteiger charge is 2.27. The van der Waals surface area contributed by atoms with E-state index >= 15 is 0 Å². The zero-order valence-electron chi connectivity index (χ0n) is 18.7. The Morgan fingerprint density at radius 2 is 2.00 bits per heavy atom. The molecule has 0 radical (unpaired) electrons. The van der Waals surface area contributed by atoms with Crippen LogP contribution in [-0.4, -0.2) is 44.2 Å². The van der Waals surface area contributed by atoms with Crippen molar-refractivity contribution in [2.45, 2.75) is 42.9 Å². The van der Waals surface area contributed by atoms with Crippen molar-refractivity contribution in [3.8, 4) is 0 Å². The smallest absolute Gasteiger partial charge is 0.250 e. The zero-order valence-corrected chi connectivity index (χ0v) is 21.1. The van der Waals surface area contributed by atoms with E-state index in [0.717, 1.165) is 72.0 Å². The summed E-state index contributed by atoms with van der Waals surface area (Å²) in [6.07, 6.45) is 3.18. The number of nitrogens with zero attached hydrogens (tertiary/aromatic N) is 2. The Kier molecular flexibility index (Phi) is 6.65. The van der Waals surface area contributed by atoms with E-state index in [1.165, 1.54) is 23.5 Å². The average Bonchev–Trinajstić information content (AvgIpc) is 3.35. The van der Waals surface area contributed by atoms with Crippen molar-refractivity contribution < 1.29 is 17.3 Å². The minimum Gasteiger partial charge on any atom is -0.356 e. The van der Waals surface area contributed by atoms with Crippen LogP contribution in [0.5, 0.6) is 0 Å². The van der Waals surface area contributed by atoms with Crippen molar-refractivity contribution in [3.05, 3.63) is 58.5 Å². The van der Waals surface area contributed by atoms with Crippen LogP contribution in [0.3, 0.4) is 0 Å². The number of rotatable bonds is 7. The van der Waals surface area contributed by atoms with Gasteiger partial charge in [0, 0.05) is 27.2 Å². The molecular formula is C24H25ClFN3O3S2. The maximum atomic E-state index is 13.3. The fourth-order valence-corrected chi connectivity index (χ4v) is 7.83. The van der Waals surface area contributed by atoms with Crippen LogP contribution in [0.4, 0.5) is 4.39 Å². The van der Waals surface area contributed by atoms with Crippen LogP contribution in [0.1, 0.15) is 30.5 Å². The molecule has 0 atom stereocenters. The SMILES string of the molecule is Cc1c(S(=O)(=O)NC2CCN(CCCc3noc4cc(F)ccc34)CC2)sc2ccc(Cl)cc12. The van der Waals surface area contributed by atoms with Crippen molar-refractivity contribution in [1.82, 2.24) is 14.8 Å². The third-order valence-corrected chi connectivity index (χ3v) is 10.1. The fourth-order valence-electron chi connectivity index (χ4n) is 4.59. The lowest BCUT2D eigenvalue weighted by atomic mass is 10.1. The average molecular weight is 522 g/mol. The van der Waals surface area contributed by atoms with Crippen LogP contribution in [0, 0.1) is 12.7 Å². The number of halogens is 2.